The number of hydrogen-bond donors (Lipinski definition) is 2. The topological polar surface area (TPSA) is 50.4 Å². The summed E-state index contributed by atoms with van der Waals surface area (Å²) in [7, 11) is 1.66. The predicted molar refractivity (Wildman–Crippen MR) is 63.2 cm³/mol. The number of ether oxygens (including phenoxy) is 1. The number of aryl methyl sites for hydroxylation is 2. The van der Waals surface area contributed by atoms with Crippen LogP contribution in [0.5, 0.6) is 5.75 Å². The van der Waals surface area contributed by atoms with Gasteiger partial charge in [0.15, 0.2) is 0 Å². The van der Waals surface area contributed by atoms with E-state index >= 15 is 0 Å². The molecule has 4 nitrogen and oxygen atoms in total. The molecular weight excluding hydrogens is 204 g/mol. The molecule has 0 heterocycles. The summed E-state index contributed by atoms with van der Waals surface area (Å²) in [6, 6.07) is 6.03. The number of nitrogens with one attached hydrogen (secondary N) is 2. The van der Waals surface area contributed by atoms with Crippen LogP contribution in [0.15, 0.2) is 18.2 Å². The Hall–Kier alpha value is -1.55. The van der Waals surface area contributed by atoms with Crippen LogP contribution in [0.2, 0.25) is 0 Å². The Morgan fingerprint density at radius 3 is 2.81 bits per heavy atom. The van der Waals surface area contributed by atoms with Crippen LogP contribution in [0.3, 0.4) is 0 Å². The average molecular weight is 222 g/mol. The largest absolute Gasteiger partial charge is 0.493 e. The third-order valence-corrected chi connectivity index (χ3v) is 2.19. The molecule has 4 heteroatoms. The molecule has 0 fully saturated rings. The summed E-state index contributed by atoms with van der Waals surface area (Å²) in [5.41, 5.74) is 7.31. The summed E-state index contributed by atoms with van der Waals surface area (Å²) >= 11 is 0. The van der Waals surface area contributed by atoms with Crippen LogP contribution >= 0.6 is 0 Å². The molecular formula is C12H18N2O2. The second-order valence-electron chi connectivity index (χ2n) is 3.67. The lowest BCUT2D eigenvalue weighted by Gasteiger charge is -2.09. The van der Waals surface area contributed by atoms with Crippen LogP contribution in [0, 0.1) is 13.8 Å². The normalized spacial score (nSPS) is 9.94. The molecule has 1 amide bonds. The number of benzene rings is 1. The lowest BCUT2D eigenvalue weighted by molar-refractivity contribution is -0.122. The van der Waals surface area contributed by atoms with Crippen LogP contribution in [-0.2, 0) is 4.79 Å². The maximum Gasteiger partial charge on any atom is 0.237 e. The van der Waals surface area contributed by atoms with E-state index in [9.17, 15) is 4.79 Å². The number of hydrazine groups is 1. The molecule has 0 aromatic heterocycles. The van der Waals surface area contributed by atoms with Crippen molar-refractivity contribution in [3.8, 4) is 5.75 Å². The molecule has 88 valence electrons. The molecule has 1 rings (SSSR count). The second-order valence-corrected chi connectivity index (χ2v) is 3.67. The fraction of sp³-hybridized carbons (Fsp3) is 0.417. The highest BCUT2D eigenvalue weighted by atomic mass is 16.5. The van der Waals surface area contributed by atoms with Gasteiger partial charge >= 0.3 is 0 Å². The van der Waals surface area contributed by atoms with Gasteiger partial charge < -0.3 is 4.74 Å². The first-order valence-electron chi connectivity index (χ1n) is 5.29. The summed E-state index contributed by atoms with van der Waals surface area (Å²) in [5, 5.41) is 0. The summed E-state index contributed by atoms with van der Waals surface area (Å²) in [4.78, 5) is 11.1. The van der Waals surface area contributed by atoms with E-state index in [4.69, 9.17) is 4.74 Å². The number of amides is 1. The van der Waals surface area contributed by atoms with Gasteiger partial charge in [-0.3, -0.25) is 10.2 Å². The molecule has 0 spiro atoms. The van der Waals surface area contributed by atoms with Gasteiger partial charge in [-0.2, -0.15) is 0 Å². The highest BCUT2D eigenvalue weighted by molar-refractivity contribution is 5.75. The van der Waals surface area contributed by atoms with Crippen molar-refractivity contribution in [2.45, 2.75) is 20.3 Å². The van der Waals surface area contributed by atoms with E-state index in [0.29, 0.717) is 13.0 Å². The lowest BCUT2D eigenvalue weighted by atomic mass is 10.1. The van der Waals surface area contributed by atoms with Gasteiger partial charge in [0, 0.05) is 7.05 Å². The molecule has 0 radical (unpaired) electrons. The van der Waals surface area contributed by atoms with Gasteiger partial charge in [-0.05, 0) is 31.0 Å². The van der Waals surface area contributed by atoms with E-state index in [1.807, 2.05) is 32.0 Å². The standard InChI is InChI=1S/C12H18N2O2/c1-9-4-5-10(2)11(8-9)16-7-6-12(15)14-13-3/h4-5,8,13H,6-7H2,1-3H3,(H,14,15). The summed E-state index contributed by atoms with van der Waals surface area (Å²) < 4.78 is 5.55. The molecule has 1 aromatic carbocycles. The molecule has 0 saturated carbocycles. The van der Waals surface area contributed by atoms with Crippen molar-refractivity contribution < 1.29 is 9.53 Å². The maximum atomic E-state index is 11.1. The molecule has 0 atom stereocenters. The molecule has 1 aromatic rings. The third kappa shape index (κ3) is 3.90. The minimum atomic E-state index is -0.0761. The molecule has 0 unspecified atom stereocenters. The predicted octanol–water partition coefficient (Wildman–Crippen LogP) is 1.32. The number of carbonyl (C=O) groups excluding carboxylic acids is 1. The smallest absolute Gasteiger partial charge is 0.237 e. The molecule has 16 heavy (non-hydrogen) atoms. The molecule has 0 aliphatic rings. The van der Waals surface area contributed by atoms with Crippen LogP contribution < -0.4 is 15.6 Å². The Kier molecular flexibility index (Phi) is 4.79. The van der Waals surface area contributed by atoms with Crippen LogP contribution in [0.4, 0.5) is 0 Å². The molecule has 2 N–H and O–H groups in total. The lowest BCUT2D eigenvalue weighted by Crippen LogP contribution is -2.34. The van der Waals surface area contributed by atoms with Crippen molar-refractivity contribution in [3.63, 3.8) is 0 Å². The van der Waals surface area contributed by atoms with E-state index in [1.54, 1.807) is 7.05 Å². The van der Waals surface area contributed by atoms with Gasteiger partial charge in [-0.25, -0.2) is 5.43 Å². The van der Waals surface area contributed by atoms with Crippen molar-refractivity contribution >= 4 is 5.91 Å². The molecule has 0 aliphatic carbocycles. The second kappa shape index (κ2) is 6.12. The van der Waals surface area contributed by atoms with E-state index < -0.39 is 0 Å². The zero-order chi connectivity index (χ0) is 12.0. The van der Waals surface area contributed by atoms with Gasteiger partial charge in [0.2, 0.25) is 5.91 Å². The Morgan fingerprint density at radius 1 is 1.38 bits per heavy atom. The SMILES string of the molecule is CNNC(=O)CCOc1cc(C)ccc1C. The summed E-state index contributed by atoms with van der Waals surface area (Å²) in [5.74, 6) is 0.769. The van der Waals surface area contributed by atoms with Gasteiger partial charge in [0.05, 0.1) is 13.0 Å². The van der Waals surface area contributed by atoms with Crippen molar-refractivity contribution in [1.82, 2.24) is 10.9 Å². The third-order valence-electron chi connectivity index (χ3n) is 2.19. The Labute approximate surface area is 96.0 Å². The minimum Gasteiger partial charge on any atom is -0.493 e. The monoisotopic (exact) mass is 222 g/mol. The minimum absolute atomic E-state index is 0.0761. The Bertz CT molecular complexity index is 364. The van der Waals surface area contributed by atoms with Gasteiger partial charge in [-0.1, -0.05) is 12.1 Å². The summed E-state index contributed by atoms with van der Waals surface area (Å²) in [6.07, 6.45) is 0.341. The van der Waals surface area contributed by atoms with E-state index in [2.05, 4.69) is 10.9 Å². The fourth-order valence-electron chi connectivity index (χ4n) is 1.32. The van der Waals surface area contributed by atoms with Crippen LogP contribution in [-0.4, -0.2) is 19.6 Å². The number of carbonyl (C=O) groups is 1. The van der Waals surface area contributed by atoms with Crippen LogP contribution in [0.1, 0.15) is 17.5 Å². The van der Waals surface area contributed by atoms with Crippen molar-refractivity contribution in [3.05, 3.63) is 29.3 Å². The highest BCUT2D eigenvalue weighted by Gasteiger charge is 2.02. The Balaban J connectivity index is 2.42. The maximum absolute atomic E-state index is 11.1. The van der Waals surface area contributed by atoms with Crippen LogP contribution in [0.25, 0.3) is 0 Å². The quantitative estimate of drug-likeness (QED) is 0.739. The zero-order valence-corrected chi connectivity index (χ0v) is 9.96. The first-order valence-corrected chi connectivity index (χ1v) is 5.29. The van der Waals surface area contributed by atoms with E-state index in [-0.39, 0.29) is 5.91 Å². The first kappa shape index (κ1) is 12.5. The van der Waals surface area contributed by atoms with Crippen molar-refractivity contribution in [1.29, 1.82) is 0 Å². The van der Waals surface area contributed by atoms with E-state index in [1.165, 1.54) is 0 Å². The Morgan fingerprint density at radius 2 is 2.12 bits per heavy atom. The molecule has 0 bridgehead atoms. The fourth-order valence-corrected chi connectivity index (χ4v) is 1.32. The number of rotatable bonds is 5. The zero-order valence-electron chi connectivity index (χ0n) is 9.96. The van der Waals surface area contributed by atoms with Gasteiger partial charge in [0.1, 0.15) is 5.75 Å². The average Bonchev–Trinajstić information content (AvgIpc) is 2.23. The van der Waals surface area contributed by atoms with Gasteiger partial charge in [0.25, 0.3) is 0 Å². The molecule has 0 aliphatic heterocycles. The first-order chi connectivity index (χ1) is 7.63. The van der Waals surface area contributed by atoms with E-state index in [0.717, 1.165) is 16.9 Å². The van der Waals surface area contributed by atoms with Gasteiger partial charge in [-0.15, -0.1) is 0 Å². The van der Waals surface area contributed by atoms with Crippen molar-refractivity contribution in [2.75, 3.05) is 13.7 Å². The van der Waals surface area contributed by atoms with Crippen molar-refractivity contribution in [2.24, 2.45) is 0 Å². The highest BCUT2D eigenvalue weighted by Crippen LogP contribution is 2.18. The number of hydrogen-bond acceptors (Lipinski definition) is 3. The summed E-state index contributed by atoms with van der Waals surface area (Å²) in [6.45, 7) is 4.39. The molecule has 0 saturated heterocycles.